The molecule has 0 N–H and O–H groups in total. The highest BCUT2D eigenvalue weighted by Crippen LogP contribution is 2.13. The molecule has 0 amide bonds. The van der Waals surface area contributed by atoms with Crippen LogP contribution in [0.2, 0.25) is 0 Å². The van der Waals surface area contributed by atoms with Crippen molar-refractivity contribution in [1.29, 1.82) is 0 Å². The van der Waals surface area contributed by atoms with Crippen LogP contribution in [0.3, 0.4) is 0 Å². The molecule has 0 aliphatic heterocycles. The van der Waals surface area contributed by atoms with Crippen molar-refractivity contribution in [3.8, 4) is 23.7 Å². The quantitative estimate of drug-likeness (QED) is 0.676. The molecular weight excluding hydrogens is 252 g/mol. The lowest BCUT2D eigenvalue weighted by molar-refractivity contribution is 1.000. The number of benzene rings is 2. The molecule has 0 spiro atoms. The summed E-state index contributed by atoms with van der Waals surface area (Å²) >= 11 is 0. The summed E-state index contributed by atoms with van der Waals surface area (Å²) in [6.45, 7) is 4.25. The molecule has 2 unspecified atom stereocenters. The Balaban J connectivity index is 1.88. The Hall–Kier alpha value is -2.44. The normalized spacial score (nSPS) is 12.3. The maximum atomic E-state index is 3.26. The predicted molar refractivity (Wildman–Crippen MR) is 89.9 cm³/mol. The average molecular weight is 272 g/mol. The van der Waals surface area contributed by atoms with Crippen LogP contribution in [0.5, 0.6) is 0 Å². The van der Waals surface area contributed by atoms with Crippen molar-refractivity contribution < 1.29 is 0 Å². The molecule has 0 fully saturated rings. The Morgan fingerprint density at radius 2 is 1.05 bits per heavy atom. The minimum Gasteiger partial charge on any atom is -0.0944 e. The summed E-state index contributed by atoms with van der Waals surface area (Å²) in [7, 11) is 0. The van der Waals surface area contributed by atoms with Crippen LogP contribution < -0.4 is 0 Å². The Morgan fingerprint density at radius 1 is 0.667 bits per heavy atom. The molecule has 0 heterocycles. The summed E-state index contributed by atoms with van der Waals surface area (Å²) in [5.74, 6) is 13.4. The molecule has 0 saturated carbocycles. The van der Waals surface area contributed by atoms with Gasteiger partial charge in [-0.1, -0.05) is 84.3 Å². The highest BCUT2D eigenvalue weighted by Gasteiger charge is 1.99. The van der Waals surface area contributed by atoms with Crippen LogP contribution in [-0.4, -0.2) is 0 Å². The van der Waals surface area contributed by atoms with E-state index in [1.54, 1.807) is 0 Å². The van der Waals surface area contributed by atoms with E-state index in [2.05, 4.69) is 86.1 Å². The summed E-state index contributed by atoms with van der Waals surface area (Å²) in [6, 6.07) is 20.7. The first-order valence-electron chi connectivity index (χ1n) is 7.34. The zero-order chi connectivity index (χ0) is 14.9. The molecule has 0 aliphatic carbocycles. The van der Waals surface area contributed by atoms with Gasteiger partial charge in [-0.2, -0.15) is 0 Å². The van der Waals surface area contributed by atoms with Gasteiger partial charge in [-0.05, 0) is 25.0 Å². The smallest absolute Gasteiger partial charge is 0.0703 e. The number of hydrogen-bond donors (Lipinski definition) is 0. The molecule has 0 heteroatoms. The Kier molecular flexibility index (Phi) is 5.69. The number of rotatable bonds is 2. The average Bonchev–Trinajstić information content (AvgIpc) is 2.55. The van der Waals surface area contributed by atoms with Gasteiger partial charge < -0.3 is 0 Å². The van der Waals surface area contributed by atoms with Crippen LogP contribution in [0.15, 0.2) is 60.7 Å². The predicted octanol–water partition coefficient (Wildman–Crippen LogP) is 4.99. The van der Waals surface area contributed by atoms with Gasteiger partial charge in [0.25, 0.3) is 0 Å². The molecule has 2 aromatic rings. The topological polar surface area (TPSA) is 0 Å². The van der Waals surface area contributed by atoms with Crippen LogP contribution in [0.1, 0.15) is 43.2 Å². The summed E-state index contributed by atoms with van der Waals surface area (Å²) in [4.78, 5) is 0. The molecule has 0 bridgehead atoms. The van der Waals surface area contributed by atoms with Gasteiger partial charge in [0.05, 0.1) is 6.42 Å². The summed E-state index contributed by atoms with van der Waals surface area (Å²) < 4.78 is 0. The summed E-state index contributed by atoms with van der Waals surface area (Å²) in [6.07, 6.45) is 0.633. The summed E-state index contributed by atoms with van der Waals surface area (Å²) in [5, 5.41) is 0. The maximum absolute atomic E-state index is 3.26. The van der Waals surface area contributed by atoms with Crippen LogP contribution in [0.4, 0.5) is 0 Å². The van der Waals surface area contributed by atoms with Crippen molar-refractivity contribution in [2.24, 2.45) is 0 Å². The third kappa shape index (κ3) is 4.87. The molecule has 0 nitrogen and oxygen atoms in total. The van der Waals surface area contributed by atoms with Gasteiger partial charge in [0, 0.05) is 11.8 Å². The zero-order valence-corrected chi connectivity index (χ0v) is 12.6. The second kappa shape index (κ2) is 7.98. The SMILES string of the molecule is CC(C#CCC#CC(C)c1ccccc1)c1ccccc1. The first-order valence-corrected chi connectivity index (χ1v) is 7.34. The van der Waals surface area contributed by atoms with E-state index in [-0.39, 0.29) is 11.8 Å². The van der Waals surface area contributed by atoms with E-state index in [0.29, 0.717) is 6.42 Å². The molecule has 0 aromatic heterocycles. The van der Waals surface area contributed by atoms with E-state index in [0.717, 1.165) is 0 Å². The Morgan fingerprint density at radius 3 is 1.43 bits per heavy atom. The molecule has 0 aliphatic rings. The van der Waals surface area contributed by atoms with Gasteiger partial charge in [-0.15, -0.1) is 0 Å². The monoisotopic (exact) mass is 272 g/mol. The molecule has 21 heavy (non-hydrogen) atoms. The van der Waals surface area contributed by atoms with Crippen molar-refractivity contribution in [3.63, 3.8) is 0 Å². The fraction of sp³-hybridized carbons (Fsp3) is 0.238. The van der Waals surface area contributed by atoms with E-state index in [4.69, 9.17) is 0 Å². The first-order chi connectivity index (χ1) is 10.3. The van der Waals surface area contributed by atoms with Crippen molar-refractivity contribution in [1.82, 2.24) is 0 Å². The molecular formula is C21H20. The largest absolute Gasteiger partial charge is 0.0944 e. The fourth-order valence-corrected chi connectivity index (χ4v) is 2.10. The Labute approximate surface area is 128 Å². The highest BCUT2D eigenvalue weighted by atomic mass is 14.0. The van der Waals surface area contributed by atoms with Crippen LogP contribution >= 0.6 is 0 Å². The van der Waals surface area contributed by atoms with E-state index in [9.17, 15) is 0 Å². The fourth-order valence-electron chi connectivity index (χ4n) is 2.10. The number of hydrogen-bond acceptors (Lipinski definition) is 0. The van der Waals surface area contributed by atoms with Gasteiger partial charge in [0.15, 0.2) is 0 Å². The van der Waals surface area contributed by atoms with Crippen molar-refractivity contribution >= 4 is 0 Å². The van der Waals surface area contributed by atoms with Gasteiger partial charge >= 0.3 is 0 Å². The van der Waals surface area contributed by atoms with E-state index in [1.165, 1.54) is 11.1 Å². The molecule has 104 valence electrons. The molecule has 2 atom stereocenters. The second-order valence-electron chi connectivity index (χ2n) is 5.08. The molecule has 0 radical (unpaired) electrons. The third-order valence-electron chi connectivity index (χ3n) is 3.41. The van der Waals surface area contributed by atoms with Gasteiger partial charge in [0.1, 0.15) is 0 Å². The maximum Gasteiger partial charge on any atom is 0.0703 e. The van der Waals surface area contributed by atoms with Gasteiger partial charge in [0.2, 0.25) is 0 Å². The standard InChI is InChI=1S/C21H20/c1-18(20-14-8-4-9-15-20)12-6-3-7-13-19(2)21-16-10-5-11-17-21/h4-5,8-11,14-19H,3H2,1-2H3. The third-order valence-corrected chi connectivity index (χ3v) is 3.41. The highest BCUT2D eigenvalue weighted by molar-refractivity contribution is 5.30. The Bertz CT molecular complexity index is 598. The lowest BCUT2D eigenvalue weighted by Gasteiger charge is -2.02. The van der Waals surface area contributed by atoms with Crippen molar-refractivity contribution in [3.05, 3.63) is 71.8 Å². The second-order valence-corrected chi connectivity index (χ2v) is 5.08. The van der Waals surface area contributed by atoms with E-state index < -0.39 is 0 Å². The molecule has 0 saturated heterocycles. The van der Waals surface area contributed by atoms with E-state index >= 15 is 0 Å². The lowest BCUT2D eigenvalue weighted by Crippen LogP contribution is -1.88. The van der Waals surface area contributed by atoms with Crippen LogP contribution in [0.25, 0.3) is 0 Å². The van der Waals surface area contributed by atoms with Crippen molar-refractivity contribution in [2.45, 2.75) is 32.1 Å². The van der Waals surface area contributed by atoms with Crippen molar-refractivity contribution in [2.75, 3.05) is 0 Å². The zero-order valence-electron chi connectivity index (χ0n) is 12.6. The van der Waals surface area contributed by atoms with Gasteiger partial charge in [-0.25, -0.2) is 0 Å². The molecule has 2 rings (SSSR count). The van der Waals surface area contributed by atoms with Crippen LogP contribution in [0, 0.1) is 23.7 Å². The van der Waals surface area contributed by atoms with E-state index in [1.807, 2.05) is 12.1 Å². The lowest BCUT2D eigenvalue weighted by atomic mass is 10.0. The summed E-state index contributed by atoms with van der Waals surface area (Å²) in [5.41, 5.74) is 2.52. The minimum atomic E-state index is 0.263. The van der Waals surface area contributed by atoms with Gasteiger partial charge in [-0.3, -0.25) is 0 Å². The van der Waals surface area contributed by atoms with Crippen LogP contribution in [-0.2, 0) is 0 Å². The first kappa shape index (κ1) is 15.0. The minimum absolute atomic E-state index is 0.263. The molecule has 2 aromatic carbocycles.